The second kappa shape index (κ2) is 5.71. The normalized spacial score (nSPS) is 17.0. The quantitative estimate of drug-likeness (QED) is 0.738. The Morgan fingerprint density at radius 2 is 1.71 bits per heavy atom. The maximum absolute atomic E-state index is 11.9. The van der Waals surface area contributed by atoms with Gasteiger partial charge < -0.3 is 5.32 Å². The molecule has 3 nitrogen and oxygen atoms in total. The maximum atomic E-state index is 11.9. The lowest BCUT2D eigenvalue weighted by Gasteiger charge is -2.20. The molecule has 2 unspecified atom stereocenters. The van der Waals surface area contributed by atoms with E-state index in [1.54, 1.807) is 6.92 Å². The summed E-state index contributed by atoms with van der Waals surface area (Å²) in [5.41, 5.74) is 0. The van der Waals surface area contributed by atoms with Crippen LogP contribution in [-0.2, 0) is 9.84 Å². The summed E-state index contributed by atoms with van der Waals surface area (Å²) in [6, 6.07) is 0.0844. The van der Waals surface area contributed by atoms with Gasteiger partial charge in [-0.25, -0.2) is 8.42 Å². The second-order valence-corrected chi connectivity index (χ2v) is 6.58. The van der Waals surface area contributed by atoms with Crippen LogP contribution in [0.15, 0.2) is 0 Å². The number of nitrogens with one attached hydrogen (secondary N) is 1. The molecule has 14 heavy (non-hydrogen) atoms. The molecule has 0 aliphatic heterocycles. The van der Waals surface area contributed by atoms with Crippen molar-refractivity contribution in [3.8, 4) is 0 Å². The Kier molecular flexibility index (Phi) is 5.67. The van der Waals surface area contributed by atoms with Crippen LogP contribution >= 0.6 is 0 Å². The van der Waals surface area contributed by atoms with Gasteiger partial charge in [0, 0.05) is 6.04 Å². The Bertz CT molecular complexity index is 243. The summed E-state index contributed by atoms with van der Waals surface area (Å²) in [4.78, 5) is 0. The Labute approximate surface area is 88.2 Å². The number of rotatable bonds is 6. The largest absolute Gasteiger partial charge is 0.316 e. The van der Waals surface area contributed by atoms with Crippen LogP contribution in [0.2, 0.25) is 0 Å². The van der Waals surface area contributed by atoms with Crippen LogP contribution < -0.4 is 5.32 Å². The molecule has 0 aromatic carbocycles. The molecule has 0 fully saturated rings. The van der Waals surface area contributed by atoms with Crippen molar-refractivity contribution in [3.63, 3.8) is 0 Å². The zero-order chi connectivity index (χ0) is 11.4. The third-order valence-electron chi connectivity index (χ3n) is 2.84. The molecule has 0 aromatic rings. The number of hydrogen-bond donors (Lipinski definition) is 1. The molecular weight excluding hydrogens is 198 g/mol. The van der Waals surface area contributed by atoms with Crippen molar-refractivity contribution in [3.05, 3.63) is 0 Å². The topological polar surface area (TPSA) is 46.2 Å². The van der Waals surface area contributed by atoms with Crippen LogP contribution in [0.4, 0.5) is 0 Å². The lowest BCUT2D eigenvalue weighted by atomic mass is 10.2. The molecule has 4 heteroatoms. The fraction of sp³-hybridized carbons (Fsp3) is 1.00. The van der Waals surface area contributed by atoms with Crippen LogP contribution in [0.25, 0.3) is 0 Å². The van der Waals surface area contributed by atoms with Gasteiger partial charge in [0.15, 0.2) is 9.84 Å². The lowest BCUT2D eigenvalue weighted by Crippen LogP contribution is -2.37. The van der Waals surface area contributed by atoms with E-state index < -0.39 is 9.84 Å². The summed E-state index contributed by atoms with van der Waals surface area (Å²) < 4.78 is 23.7. The molecule has 0 saturated heterocycles. The van der Waals surface area contributed by atoms with Gasteiger partial charge in [0.1, 0.15) is 0 Å². The van der Waals surface area contributed by atoms with E-state index in [-0.39, 0.29) is 23.0 Å². The molecule has 1 N–H and O–H groups in total. The molecule has 2 atom stereocenters. The van der Waals surface area contributed by atoms with Crippen molar-refractivity contribution < 1.29 is 8.42 Å². The van der Waals surface area contributed by atoms with Gasteiger partial charge in [-0.1, -0.05) is 20.8 Å². The Morgan fingerprint density at radius 3 is 2.00 bits per heavy atom. The molecule has 86 valence electrons. The minimum atomic E-state index is -2.95. The highest BCUT2D eigenvalue weighted by molar-refractivity contribution is 7.92. The van der Waals surface area contributed by atoms with Crippen molar-refractivity contribution in [1.29, 1.82) is 0 Å². The Morgan fingerprint density at radius 1 is 1.21 bits per heavy atom. The van der Waals surface area contributed by atoms with Gasteiger partial charge in [0.05, 0.1) is 11.0 Å². The molecule has 0 saturated carbocycles. The first-order valence-corrected chi connectivity index (χ1v) is 6.95. The SMILES string of the molecule is CCC(CS(=O)(=O)C(C)C(C)C)NC. The third kappa shape index (κ3) is 3.96. The van der Waals surface area contributed by atoms with Crippen molar-refractivity contribution >= 4 is 9.84 Å². The van der Waals surface area contributed by atoms with Gasteiger partial charge in [-0.2, -0.15) is 0 Å². The Balaban J connectivity index is 4.48. The molecule has 0 rings (SSSR count). The van der Waals surface area contributed by atoms with Crippen molar-refractivity contribution in [2.24, 2.45) is 5.92 Å². The minimum absolute atomic E-state index is 0.0844. The monoisotopic (exact) mass is 221 g/mol. The van der Waals surface area contributed by atoms with Gasteiger partial charge in [-0.3, -0.25) is 0 Å². The zero-order valence-electron chi connectivity index (χ0n) is 9.87. The van der Waals surface area contributed by atoms with E-state index in [0.717, 1.165) is 6.42 Å². The first-order valence-electron chi connectivity index (χ1n) is 5.24. The van der Waals surface area contributed by atoms with Gasteiger partial charge in [-0.15, -0.1) is 0 Å². The van der Waals surface area contributed by atoms with Gasteiger partial charge >= 0.3 is 0 Å². The number of sulfone groups is 1. The molecule has 0 radical (unpaired) electrons. The molecule has 0 aliphatic carbocycles. The number of hydrogen-bond acceptors (Lipinski definition) is 3. The summed E-state index contributed by atoms with van der Waals surface area (Å²) in [5.74, 6) is 0.439. The molecule has 0 aliphatic rings. The summed E-state index contributed by atoms with van der Waals surface area (Å²) >= 11 is 0. The fourth-order valence-corrected chi connectivity index (χ4v) is 3.35. The smallest absolute Gasteiger partial charge is 0.154 e. The van der Waals surface area contributed by atoms with E-state index >= 15 is 0 Å². The maximum Gasteiger partial charge on any atom is 0.154 e. The predicted octanol–water partition coefficient (Wildman–Crippen LogP) is 1.44. The molecule has 0 bridgehead atoms. The Hall–Kier alpha value is -0.0900. The van der Waals surface area contributed by atoms with E-state index in [1.807, 2.05) is 27.8 Å². The molecule has 0 amide bonds. The summed E-state index contributed by atoms with van der Waals surface area (Å²) in [6.45, 7) is 7.68. The van der Waals surface area contributed by atoms with Gasteiger partial charge in [0.2, 0.25) is 0 Å². The summed E-state index contributed by atoms with van der Waals surface area (Å²) in [5, 5.41) is 2.78. The summed E-state index contributed by atoms with van der Waals surface area (Å²) in [7, 11) is -1.14. The summed E-state index contributed by atoms with van der Waals surface area (Å²) in [6.07, 6.45) is 0.848. The van der Waals surface area contributed by atoms with Crippen LogP contribution in [0, 0.1) is 5.92 Å². The average Bonchev–Trinajstić information content (AvgIpc) is 2.12. The highest BCUT2D eigenvalue weighted by atomic mass is 32.2. The molecule has 0 aromatic heterocycles. The van der Waals surface area contributed by atoms with E-state index in [0.29, 0.717) is 0 Å². The second-order valence-electron chi connectivity index (χ2n) is 4.17. The van der Waals surface area contributed by atoms with Crippen molar-refractivity contribution in [2.75, 3.05) is 12.8 Å². The van der Waals surface area contributed by atoms with Gasteiger partial charge in [-0.05, 0) is 26.3 Å². The van der Waals surface area contributed by atoms with Crippen LogP contribution in [0.3, 0.4) is 0 Å². The average molecular weight is 221 g/mol. The molecular formula is C10H23NO2S. The minimum Gasteiger partial charge on any atom is -0.316 e. The van der Waals surface area contributed by atoms with Crippen LogP contribution in [-0.4, -0.2) is 32.5 Å². The van der Waals surface area contributed by atoms with Crippen LogP contribution in [0.1, 0.15) is 34.1 Å². The van der Waals surface area contributed by atoms with Crippen LogP contribution in [0.5, 0.6) is 0 Å². The highest BCUT2D eigenvalue weighted by Crippen LogP contribution is 2.13. The van der Waals surface area contributed by atoms with Crippen molar-refractivity contribution in [2.45, 2.75) is 45.4 Å². The van der Waals surface area contributed by atoms with E-state index in [9.17, 15) is 8.42 Å². The van der Waals surface area contributed by atoms with E-state index in [1.165, 1.54) is 0 Å². The first kappa shape index (κ1) is 13.9. The standard InChI is InChI=1S/C10H23NO2S/c1-6-10(11-5)7-14(12,13)9(4)8(2)3/h8-11H,6-7H2,1-5H3. The molecule has 0 spiro atoms. The van der Waals surface area contributed by atoms with E-state index in [2.05, 4.69) is 5.32 Å². The third-order valence-corrected chi connectivity index (χ3v) is 5.38. The molecule has 0 heterocycles. The fourth-order valence-electron chi connectivity index (χ4n) is 1.25. The lowest BCUT2D eigenvalue weighted by molar-refractivity contribution is 0.524. The zero-order valence-corrected chi connectivity index (χ0v) is 10.7. The highest BCUT2D eigenvalue weighted by Gasteiger charge is 2.26. The van der Waals surface area contributed by atoms with E-state index in [4.69, 9.17) is 0 Å². The van der Waals surface area contributed by atoms with Gasteiger partial charge in [0.25, 0.3) is 0 Å². The predicted molar refractivity (Wildman–Crippen MR) is 61.2 cm³/mol. The van der Waals surface area contributed by atoms with Crippen molar-refractivity contribution in [1.82, 2.24) is 5.32 Å². The first-order chi connectivity index (χ1) is 6.35.